The lowest BCUT2D eigenvalue weighted by Crippen LogP contribution is -2.24. The fourth-order valence-electron chi connectivity index (χ4n) is 3.26. The molecule has 0 amide bonds. The molecule has 0 saturated carbocycles. The summed E-state index contributed by atoms with van der Waals surface area (Å²) in [7, 11) is 0. The Morgan fingerprint density at radius 2 is 1.41 bits per heavy atom. The third-order valence-corrected chi connectivity index (χ3v) is 6.74. The van der Waals surface area contributed by atoms with Crippen LogP contribution >= 0.6 is 22.7 Å². The van der Waals surface area contributed by atoms with Crippen LogP contribution in [0.5, 0.6) is 0 Å². The third-order valence-electron chi connectivity index (χ3n) is 4.82. The minimum absolute atomic E-state index is 0.649. The average molecular weight is 463 g/mol. The van der Waals surface area contributed by atoms with E-state index >= 15 is 0 Å². The van der Waals surface area contributed by atoms with Crippen LogP contribution in [0.2, 0.25) is 0 Å². The summed E-state index contributed by atoms with van der Waals surface area (Å²) in [5.74, 6) is 0. The minimum atomic E-state index is 0.649. The molecular formula is C24H26N6S2. The molecule has 0 atom stereocenters. The Balaban J connectivity index is 1.42. The maximum absolute atomic E-state index is 4.58. The zero-order valence-corrected chi connectivity index (χ0v) is 20.2. The van der Waals surface area contributed by atoms with E-state index in [0.717, 1.165) is 51.8 Å². The van der Waals surface area contributed by atoms with Crippen molar-refractivity contribution in [3.8, 4) is 0 Å². The van der Waals surface area contributed by atoms with E-state index < -0.39 is 0 Å². The molecule has 0 saturated heterocycles. The lowest BCUT2D eigenvalue weighted by molar-refractivity contribution is 0.745. The molecule has 2 aromatic heterocycles. The van der Waals surface area contributed by atoms with E-state index in [1.807, 2.05) is 42.5 Å². The van der Waals surface area contributed by atoms with Crippen LogP contribution < -0.4 is 4.90 Å². The molecule has 0 N–H and O–H groups in total. The number of hydrogen-bond acceptors (Lipinski definition) is 8. The van der Waals surface area contributed by atoms with Gasteiger partial charge in [-0.3, -0.25) is 0 Å². The molecule has 32 heavy (non-hydrogen) atoms. The van der Waals surface area contributed by atoms with Crippen LogP contribution in [0.25, 0.3) is 9.53 Å². The summed E-state index contributed by atoms with van der Waals surface area (Å²) in [6.07, 6.45) is 2.27. The fourth-order valence-corrected chi connectivity index (χ4v) is 5.11. The number of hydrogen-bond donors (Lipinski definition) is 0. The van der Waals surface area contributed by atoms with Crippen molar-refractivity contribution in [2.24, 2.45) is 20.5 Å². The number of aryl methyl sites for hydroxylation is 1. The monoisotopic (exact) mass is 462 g/mol. The van der Waals surface area contributed by atoms with Gasteiger partial charge in [-0.2, -0.15) is 0 Å². The van der Waals surface area contributed by atoms with Gasteiger partial charge in [0.15, 0.2) is 0 Å². The Morgan fingerprint density at radius 1 is 0.781 bits per heavy atom. The molecule has 0 aliphatic rings. The van der Waals surface area contributed by atoms with Gasteiger partial charge in [0.2, 0.25) is 5.13 Å². The van der Waals surface area contributed by atoms with Crippen LogP contribution in [0, 0.1) is 6.92 Å². The van der Waals surface area contributed by atoms with Crippen LogP contribution in [0.4, 0.5) is 27.2 Å². The molecule has 0 aliphatic carbocycles. The number of benzene rings is 2. The molecule has 0 fully saturated rings. The second kappa shape index (κ2) is 10.6. The first kappa shape index (κ1) is 22.2. The van der Waals surface area contributed by atoms with Gasteiger partial charge in [-0.05, 0) is 62.2 Å². The SMILES string of the molecule is CCCN(CCC)c1ccc(N=Nc2nc3sc(N=Nc4ccc(C)cc4)cc3s2)cc1. The van der Waals surface area contributed by atoms with Crippen molar-refractivity contribution >= 4 is 59.4 Å². The minimum Gasteiger partial charge on any atom is -0.372 e. The molecule has 2 aromatic carbocycles. The Hall–Kier alpha value is -2.97. The normalized spacial score (nSPS) is 11.8. The average Bonchev–Trinajstić information content (AvgIpc) is 3.36. The van der Waals surface area contributed by atoms with Crippen LogP contribution in [0.1, 0.15) is 32.3 Å². The predicted molar refractivity (Wildman–Crippen MR) is 136 cm³/mol. The molecule has 4 rings (SSSR count). The van der Waals surface area contributed by atoms with Gasteiger partial charge in [0.05, 0.1) is 16.1 Å². The van der Waals surface area contributed by atoms with Crippen molar-refractivity contribution in [2.45, 2.75) is 33.6 Å². The van der Waals surface area contributed by atoms with E-state index in [0.29, 0.717) is 5.13 Å². The standard InChI is InChI=1S/C24H26N6S2/c1-4-14-30(15-5-2)20-12-10-19(11-13-20)27-29-24-25-23-21(31-24)16-22(32-23)28-26-18-8-6-17(3)7-9-18/h6-13,16H,4-5,14-15H2,1-3H3. The van der Waals surface area contributed by atoms with Gasteiger partial charge >= 0.3 is 0 Å². The Kier molecular flexibility index (Phi) is 7.34. The quantitative estimate of drug-likeness (QED) is 0.233. The van der Waals surface area contributed by atoms with E-state index in [-0.39, 0.29) is 0 Å². The van der Waals surface area contributed by atoms with Crippen molar-refractivity contribution in [3.05, 3.63) is 60.2 Å². The number of thiophene rings is 1. The summed E-state index contributed by atoms with van der Waals surface area (Å²) in [6.45, 7) is 8.60. The number of rotatable bonds is 9. The first-order valence-electron chi connectivity index (χ1n) is 10.8. The number of fused-ring (bicyclic) bond motifs is 1. The topological polar surface area (TPSA) is 65.6 Å². The molecule has 8 heteroatoms. The van der Waals surface area contributed by atoms with Crippen molar-refractivity contribution in [3.63, 3.8) is 0 Å². The molecule has 4 aromatic rings. The highest BCUT2D eigenvalue weighted by molar-refractivity contribution is 7.30. The largest absolute Gasteiger partial charge is 0.372 e. The van der Waals surface area contributed by atoms with E-state index in [1.165, 1.54) is 33.9 Å². The van der Waals surface area contributed by atoms with Gasteiger partial charge in [0, 0.05) is 18.8 Å². The summed E-state index contributed by atoms with van der Waals surface area (Å²) in [5, 5.41) is 18.8. The third kappa shape index (κ3) is 5.63. The lowest BCUT2D eigenvalue weighted by Gasteiger charge is -2.23. The first-order valence-corrected chi connectivity index (χ1v) is 12.4. The van der Waals surface area contributed by atoms with Gasteiger partial charge < -0.3 is 4.90 Å². The maximum Gasteiger partial charge on any atom is 0.231 e. The van der Waals surface area contributed by atoms with Crippen molar-refractivity contribution in [1.82, 2.24) is 4.98 Å². The van der Waals surface area contributed by atoms with Crippen molar-refractivity contribution < 1.29 is 0 Å². The highest BCUT2D eigenvalue weighted by Gasteiger charge is 2.09. The number of nitrogens with zero attached hydrogens (tertiary/aromatic N) is 6. The summed E-state index contributed by atoms with van der Waals surface area (Å²) >= 11 is 3.02. The maximum atomic E-state index is 4.58. The number of anilines is 1. The summed E-state index contributed by atoms with van der Waals surface area (Å²) in [4.78, 5) is 7.89. The summed E-state index contributed by atoms with van der Waals surface area (Å²) in [6, 6.07) is 18.2. The first-order chi connectivity index (χ1) is 15.6. The number of azo groups is 2. The zero-order chi connectivity index (χ0) is 22.3. The van der Waals surface area contributed by atoms with Gasteiger partial charge in [-0.1, -0.05) is 54.2 Å². The van der Waals surface area contributed by atoms with Crippen molar-refractivity contribution in [1.29, 1.82) is 0 Å². The molecule has 0 unspecified atom stereocenters. The summed E-state index contributed by atoms with van der Waals surface area (Å²) < 4.78 is 1.05. The highest BCUT2D eigenvalue weighted by Crippen LogP contribution is 2.39. The molecular weight excluding hydrogens is 436 g/mol. The smallest absolute Gasteiger partial charge is 0.231 e. The summed E-state index contributed by atoms with van der Waals surface area (Å²) in [5.41, 5.74) is 4.10. The van der Waals surface area contributed by atoms with Crippen LogP contribution in [0.3, 0.4) is 0 Å². The molecule has 6 nitrogen and oxygen atoms in total. The van der Waals surface area contributed by atoms with Gasteiger partial charge in [-0.25, -0.2) is 4.98 Å². The number of thiazole rings is 1. The molecule has 0 radical (unpaired) electrons. The second-order valence-corrected chi connectivity index (χ2v) is 9.51. The Morgan fingerprint density at radius 3 is 2.03 bits per heavy atom. The van der Waals surface area contributed by atoms with E-state index in [4.69, 9.17) is 0 Å². The zero-order valence-electron chi connectivity index (χ0n) is 18.5. The van der Waals surface area contributed by atoms with E-state index in [1.54, 1.807) is 0 Å². The predicted octanol–water partition coefficient (Wildman–Crippen LogP) is 9.12. The molecule has 0 aliphatic heterocycles. The van der Waals surface area contributed by atoms with Crippen LogP contribution in [-0.2, 0) is 0 Å². The highest BCUT2D eigenvalue weighted by atomic mass is 32.1. The van der Waals surface area contributed by atoms with Crippen LogP contribution in [-0.4, -0.2) is 18.1 Å². The molecule has 0 spiro atoms. The molecule has 164 valence electrons. The van der Waals surface area contributed by atoms with Gasteiger partial charge in [0.1, 0.15) is 9.83 Å². The van der Waals surface area contributed by atoms with Crippen molar-refractivity contribution in [2.75, 3.05) is 18.0 Å². The van der Waals surface area contributed by atoms with Gasteiger partial charge in [0.25, 0.3) is 0 Å². The van der Waals surface area contributed by atoms with Crippen LogP contribution in [0.15, 0.2) is 75.1 Å². The molecule has 0 bridgehead atoms. The number of aromatic nitrogens is 1. The van der Waals surface area contributed by atoms with E-state index in [9.17, 15) is 0 Å². The van der Waals surface area contributed by atoms with Gasteiger partial charge in [-0.15, -0.1) is 20.5 Å². The Bertz CT molecular complexity index is 1170. The lowest BCUT2D eigenvalue weighted by atomic mass is 10.2. The van der Waals surface area contributed by atoms with E-state index in [2.05, 4.69) is 63.2 Å². The fraction of sp³-hybridized carbons (Fsp3) is 0.292. The molecule has 2 heterocycles. The second-order valence-electron chi connectivity index (χ2n) is 7.49. The Labute approximate surface area is 196 Å².